The topological polar surface area (TPSA) is 35.5 Å². The van der Waals surface area contributed by atoms with Gasteiger partial charge in [-0.25, -0.2) is 4.39 Å². The number of aliphatic hydroxyl groups is 1. The molecule has 110 valence electrons. The Balaban J connectivity index is 1.54. The van der Waals surface area contributed by atoms with E-state index in [-0.39, 0.29) is 5.82 Å². The Bertz CT molecular complexity index is 454. The lowest BCUT2D eigenvalue weighted by Gasteiger charge is -2.33. The number of nitrogens with one attached hydrogen (secondary N) is 1. The van der Waals surface area contributed by atoms with Crippen LogP contribution in [0.25, 0.3) is 0 Å². The van der Waals surface area contributed by atoms with Crippen molar-refractivity contribution < 1.29 is 9.50 Å². The zero-order valence-electron chi connectivity index (χ0n) is 11.8. The van der Waals surface area contributed by atoms with Gasteiger partial charge < -0.3 is 10.4 Å². The summed E-state index contributed by atoms with van der Waals surface area (Å²) in [4.78, 5) is 2.57. The van der Waals surface area contributed by atoms with Crippen molar-refractivity contribution in [2.75, 3.05) is 19.6 Å². The summed E-state index contributed by atoms with van der Waals surface area (Å²) >= 11 is 0. The van der Waals surface area contributed by atoms with E-state index in [1.54, 1.807) is 12.1 Å². The first-order chi connectivity index (χ1) is 9.74. The van der Waals surface area contributed by atoms with Gasteiger partial charge in [-0.1, -0.05) is 18.6 Å². The molecule has 3 atom stereocenters. The second kappa shape index (κ2) is 6.20. The normalized spacial score (nSPS) is 28.3. The third-order valence-electron chi connectivity index (χ3n) is 4.66. The number of nitrogens with zero attached hydrogens (tertiary/aromatic N) is 1. The number of rotatable bonds is 4. The molecule has 0 saturated carbocycles. The number of aliphatic hydroxyl groups excluding tert-OH is 1. The van der Waals surface area contributed by atoms with Crippen molar-refractivity contribution in [3.05, 3.63) is 35.6 Å². The minimum Gasteiger partial charge on any atom is -0.387 e. The molecule has 2 N–H and O–H groups in total. The third kappa shape index (κ3) is 3.03. The van der Waals surface area contributed by atoms with E-state index in [0.717, 1.165) is 6.42 Å². The van der Waals surface area contributed by atoms with E-state index in [0.29, 0.717) is 24.2 Å². The van der Waals surface area contributed by atoms with Crippen molar-refractivity contribution in [3.63, 3.8) is 0 Å². The van der Waals surface area contributed by atoms with E-state index in [2.05, 4.69) is 10.2 Å². The fourth-order valence-corrected chi connectivity index (χ4v) is 3.58. The number of fused-ring (bicyclic) bond motifs is 1. The molecule has 1 aromatic carbocycles. The van der Waals surface area contributed by atoms with Crippen LogP contribution in [-0.2, 0) is 0 Å². The minimum absolute atomic E-state index is 0.291. The van der Waals surface area contributed by atoms with Crippen LogP contribution >= 0.6 is 0 Å². The molecule has 1 aromatic rings. The highest BCUT2D eigenvalue weighted by Crippen LogP contribution is 2.27. The zero-order valence-corrected chi connectivity index (χ0v) is 11.8. The van der Waals surface area contributed by atoms with Gasteiger partial charge in [0.25, 0.3) is 0 Å². The number of hydrogen-bond donors (Lipinski definition) is 2. The molecule has 3 unspecified atom stereocenters. The zero-order chi connectivity index (χ0) is 13.9. The van der Waals surface area contributed by atoms with Crippen molar-refractivity contribution in [1.29, 1.82) is 0 Å². The smallest absolute Gasteiger partial charge is 0.123 e. The average molecular weight is 278 g/mol. The van der Waals surface area contributed by atoms with E-state index >= 15 is 0 Å². The molecule has 2 fully saturated rings. The summed E-state index contributed by atoms with van der Waals surface area (Å²) in [6.07, 6.45) is 4.40. The lowest BCUT2D eigenvalue weighted by molar-refractivity contribution is 0.150. The Morgan fingerprint density at radius 3 is 3.05 bits per heavy atom. The maximum atomic E-state index is 13.2. The highest BCUT2D eigenvalue weighted by atomic mass is 19.1. The first-order valence-corrected chi connectivity index (χ1v) is 7.65. The fourth-order valence-electron chi connectivity index (χ4n) is 3.58. The predicted octanol–water partition coefficient (Wildman–Crippen LogP) is 2.08. The molecule has 0 radical (unpaired) electrons. The van der Waals surface area contributed by atoms with Crippen LogP contribution in [-0.4, -0.2) is 41.7 Å². The van der Waals surface area contributed by atoms with Gasteiger partial charge in [0.1, 0.15) is 5.82 Å². The molecule has 20 heavy (non-hydrogen) atoms. The molecule has 2 aliphatic rings. The van der Waals surface area contributed by atoms with Crippen molar-refractivity contribution in [1.82, 2.24) is 10.2 Å². The molecule has 2 heterocycles. The summed E-state index contributed by atoms with van der Waals surface area (Å²) in [5, 5.41) is 13.6. The predicted molar refractivity (Wildman–Crippen MR) is 77.0 cm³/mol. The monoisotopic (exact) mass is 278 g/mol. The summed E-state index contributed by atoms with van der Waals surface area (Å²) in [5.41, 5.74) is 0.649. The fraction of sp³-hybridized carbons (Fsp3) is 0.625. The van der Waals surface area contributed by atoms with Gasteiger partial charge in [0.2, 0.25) is 0 Å². The Hall–Kier alpha value is -0.970. The summed E-state index contributed by atoms with van der Waals surface area (Å²) < 4.78 is 13.2. The maximum Gasteiger partial charge on any atom is 0.123 e. The Morgan fingerprint density at radius 1 is 1.30 bits per heavy atom. The highest BCUT2D eigenvalue weighted by Gasteiger charge is 2.35. The largest absolute Gasteiger partial charge is 0.387 e. The van der Waals surface area contributed by atoms with Gasteiger partial charge in [-0.15, -0.1) is 0 Å². The van der Waals surface area contributed by atoms with Gasteiger partial charge in [-0.2, -0.15) is 0 Å². The van der Waals surface area contributed by atoms with Crippen LogP contribution < -0.4 is 5.32 Å². The molecule has 3 rings (SSSR count). The van der Waals surface area contributed by atoms with E-state index < -0.39 is 6.10 Å². The SMILES string of the molecule is OC(CNC1CCN2CCCCC12)c1cccc(F)c1. The van der Waals surface area contributed by atoms with Crippen LogP contribution in [0.3, 0.4) is 0 Å². The molecule has 0 spiro atoms. The lowest BCUT2D eigenvalue weighted by atomic mass is 9.98. The van der Waals surface area contributed by atoms with Crippen molar-refractivity contribution in [3.8, 4) is 0 Å². The second-order valence-electron chi connectivity index (χ2n) is 5.97. The van der Waals surface area contributed by atoms with E-state index in [1.165, 1.54) is 44.5 Å². The van der Waals surface area contributed by atoms with Crippen LogP contribution in [0.4, 0.5) is 4.39 Å². The van der Waals surface area contributed by atoms with Crippen LogP contribution in [0.15, 0.2) is 24.3 Å². The van der Waals surface area contributed by atoms with Gasteiger partial charge >= 0.3 is 0 Å². The minimum atomic E-state index is -0.636. The van der Waals surface area contributed by atoms with Gasteiger partial charge in [0.05, 0.1) is 6.10 Å². The van der Waals surface area contributed by atoms with Crippen molar-refractivity contribution in [2.45, 2.75) is 43.9 Å². The summed E-state index contributed by atoms with van der Waals surface area (Å²) in [6.45, 7) is 2.88. The summed E-state index contributed by atoms with van der Waals surface area (Å²) in [6, 6.07) is 7.33. The molecule has 0 bridgehead atoms. The molecule has 4 heteroatoms. The van der Waals surface area contributed by atoms with Crippen LogP contribution in [0.5, 0.6) is 0 Å². The number of hydrogen-bond acceptors (Lipinski definition) is 3. The molecule has 0 aliphatic carbocycles. The lowest BCUT2D eigenvalue weighted by Crippen LogP contribution is -2.45. The average Bonchev–Trinajstić information content (AvgIpc) is 2.88. The molecule has 0 aromatic heterocycles. The van der Waals surface area contributed by atoms with E-state index in [4.69, 9.17) is 0 Å². The number of piperidine rings is 1. The van der Waals surface area contributed by atoms with Crippen molar-refractivity contribution >= 4 is 0 Å². The second-order valence-corrected chi connectivity index (χ2v) is 5.97. The van der Waals surface area contributed by atoms with E-state index in [9.17, 15) is 9.50 Å². The highest BCUT2D eigenvalue weighted by molar-refractivity contribution is 5.19. The molecule has 3 nitrogen and oxygen atoms in total. The molecular weight excluding hydrogens is 255 g/mol. The molecule has 0 amide bonds. The molecule has 2 saturated heterocycles. The van der Waals surface area contributed by atoms with Gasteiger partial charge in [0, 0.05) is 25.2 Å². The Kier molecular flexibility index (Phi) is 4.34. The standard InChI is InChI=1S/C16H23FN2O/c17-13-5-3-4-12(10-13)16(20)11-18-14-7-9-19-8-2-1-6-15(14)19/h3-5,10,14-16,18,20H,1-2,6-9,11H2. The number of benzene rings is 1. The molecule has 2 aliphatic heterocycles. The summed E-state index contributed by atoms with van der Waals surface area (Å²) in [7, 11) is 0. The molecular formula is C16H23FN2O. The number of halogens is 1. The first-order valence-electron chi connectivity index (χ1n) is 7.65. The van der Waals surface area contributed by atoms with Gasteiger partial charge in [0.15, 0.2) is 0 Å². The third-order valence-corrected chi connectivity index (χ3v) is 4.66. The van der Waals surface area contributed by atoms with Crippen LogP contribution in [0.1, 0.15) is 37.4 Å². The summed E-state index contributed by atoms with van der Waals surface area (Å²) in [5.74, 6) is -0.291. The van der Waals surface area contributed by atoms with Gasteiger partial charge in [-0.3, -0.25) is 4.90 Å². The maximum absolute atomic E-state index is 13.2. The van der Waals surface area contributed by atoms with E-state index in [1.807, 2.05) is 0 Å². The van der Waals surface area contributed by atoms with Crippen LogP contribution in [0, 0.1) is 5.82 Å². The quantitative estimate of drug-likeness (QED) is 0.885. The van der Waals surface area contributed by atoms with Crippen LogP contribution in [0.2, 0.25) is 0 Å². The first kappa shape index (κ1) is 14.0. The Labute approximate surface area is 119 Å². The Morgan fingerprint density at radius 2 is 2.20 bits per heavy atom. The van der Waals surface area contributed by atoms with Gasteiger partial charge in [-0.05, 0) is 43.5 Å². The van der Waals surface area contributed by atoms with Crippen molar-refractivity contribution in [2.24, 2.45) is 0 Å².